The average Bonchev–Trinajstić information content (AvgIpc) is 2.43. The Morgan fingerprint density at radius 1 is 1.25 bits per heavy atom. The van der Waals surface area contributed by atoms with Crippen molar-refractivity contribution in [1.29, 1.82) is 0 Å². The number of anilines is 1. The lowest BCUT2D eigenvalue weighted by atomic mass is 10.00. The van der Waals surface area contributed by atoms with Crippen LogP contribution in [-0.4, -0.2) is 17.9 Å². The third-order valence-corrected chi connectivity index (χ3v) is 3.35. The summed E-state index contributed by atoms with van der Waals surface area (Å²) in [5.74, 6) is 0.339. The first kappa shape index (κ1) is 11.2. The number of hydrogen-bond acceptors (Lipinski definition) is 2. The zero-order valence-electron chi connectivity index (χ0n) is 10.5. The third kappa shape index (κ3) is 1.84. The first-order valence-electron chi connectivity index (χ1n) is 5.77. The highest BCUT2D eigenvalue weighted by Gasteiger charge is 2.37. The maximum Gasteiger partial charge on any atom is 0.154 e. The maximum atomic E-state index is 11.6. The van der Waals surface area contributed by atoms with Gasteiger partial charge in [0.15, 0.2) is 5.78 Å². The van der Waals surface area contributed by atoms with Crippen LogP contribution in [0.3, 0.4) is 0 Å². The highest BCUT2D eigenvalue weighted by atomic mass is 16.1. The fourth-order valence-electron chi connectivity index (χ4n) is 2.45. The first-order valence-corrected chi connectivity index (χ1v) is 5.77. The highest BCUT2D eigenvalue weighted by molar-refractivity contribution is 5.89. The maximum absolute atomic E-state index is 11.6. The van der Waals surface area contributed by atoms with Crippen LogP contribution < -0.4 is 4.90 Å². The lowest BCUT2D eigenvalue weighted by Crippen LogP contribution is -2.38. The van der Waals surface area contributed by atoms with Gasteiger partial charge in [0.1, 0.15) is 0 Å². The van der Waals surface area contributed by atoms with Gasteiger partial charge in [0.25, 0.3) is 0 Å². The Morgan fingerprint density at radius 2 is 1.94 bits per heavy atom. The molecule has 0 bridgehead atoms. The van der Waals surface area contributed by atoms with E-state index in [4.69, 9.17) is 0 Å². The molecule has 0 spiro atoms. The molecule has 1 saturated heterocycles. The summed E-state index contributed by atoms with van der Waals surface area (Å²) in [6.45, 7) is 9.03. The molecule has 86 valence electrons. The van der Waals surface area contributed by atoms with Gasteiger partial charge in [-0.15, -0.1) is 0 Å². The third-order valence-electron chi connectivity index (χ3n) is 3.35. The Balaban J connectivity index is 2.44. The summed E-state index contributed by atoms with van der Waals surface area (Å²) < 4.78 is 0. The number of rotatable bonds is 1. The van der Waals surface area contributed by atoms with Crippen LogP contribution in [0.25, 0.3) is 0 Å². The summed E-state index contributed by atoms with van der Waals surface area (Å²) in [7, 11) is 0. The zero-order chi connectivity index (χ0) is 11.9. The van der Waals surface area contributed by atoms with Crippen molar-refractivity contribution in [2.45, 2.75) is 39.7 Å². The van der Waals surface area contributed by atoms with Crippen LogP contribution in [0.5, 0.6) is 0 Å². The molecule has 0 atom stereocenters. The summed E-state index contributed by atoms with van der Waals surface area (Å²) in [5, 5.41) is 0. The Bertz CT molecular complexity index is 434. The van der Waals surface area contributed by atoms with Crippen molar-refractivity contribution in [3.05, 3.63) is 29.3 Å². The highest BCUT2D eigenvalue weighted by Crippen LogP contribution is 2.34. The van der Waals surface area contributed by atoms with Gasteiger partial charge in [0.2, 0.25) is 0 Å². The molecule has 0 N–H and O–H groups in total. The molecule has 2 heteroatoms. The molecular formula is C14H19NO. The lowest BCUT2D eigenvalue weighted by molar-refractivity contribution is -0.116. The molecule has 0 aliphatic carbocycles. The molecule has 0 radical (unpaired) electrons. The Labute approximate surface area is 97.3 Å². The van der Waals surface area contributed by atoms with Crippen molar-refractivity contribution in [3.63, 3.8) is 0 Å². The predicted molar refractivity (Wildman–Crippen MR) is 67.0 cm³/mol. The number of carbonyl (C=O) groups excluding carboxylic acids is 1. The van der Waals surface area contributed by atoms with Crippen LogP contribution in [-0.2, 0) is 4.79 Å². The van der Waals surface area contributed by atoms with Crippen LogP contribution >= 0.6 is 0 Å². The lowest BCUT2D eigenvalue weighted by Gasteiger charge is -2.34. The van der Waals surface area contributed by atoms with E-state index in [0.29, 0.717) is 18.7 Å². The van der Waals surface area contributed by atoms with Gasteiger partial charge < -0.3 is 4.90 Å². The van der Waals surface area contributed by atoms with E-state index in [-0.39, 0.29) is 5.54 Å². The van der Waals surface area contributed by atoms with Gasteiger partial charge in [-0.3, -0.25) is 4.79 Å². The SMILES string of the molecule is Cc1ccc(C)c(N2CC(=O)CC2(C)C)c1. The van der Waals surface area contributed by atoms with Crippen molar-refractivity contribution in [2.75, 3.05) is 11.4 Å². The van der Waals surface area contributed by atoms with Gasteiger partial charge in [0, 0.05) is 17.6 Å². The summed E-state index contributed by atoms with van der Waals surface area (Å²) in [5.41, 5.74) is 3.65. The molecule has 0 saturated carbocycles. The predicted octanol–water partition coefficient (Wildman–Crippen LogP) is 2.86. The van der Waals surface area contributed by atoms with Gasteiger partial charge in [-0.25, -0.2) is 0 Å². The van der Waals surface area contributed by atoms with Crippen LogP contribution in [0.15, 0.2) is 18.2 Å². The van der Waals surface area contributed by atoms with E-state index in [1.807, 2.05) is 0 Å². The number of carbonyl (C=O) groups is 1. The van der Waals surface area contributed by atoms with Gasteiger partial charge in [0.05, 0.1) is 6.54 Å². The van der Waals surface area contributed by atoms with Crippen molar-refractivity contribution in [3.8, 4) is 0 Å². The minimum atomic E-state index is -0.0460. The van der Waals surface area contributed by atoms with Crippen LogP contribution in [0.4, 0.5) is 5.69 Å². The molecule has 2 rings (SSSR count). The minimum absolute atomic E-state index is 0.0460. The summed E-state index contributed by atoms with van der Waals surface area (Å²) in [6.07, 6.45) is 0.653. The second kappa shape index (κ2) is 3.62. The van der Waals surface area contributed by atoms with Crippen molar-refractivity contribution in [1.82, 2.24) is 0 Å². The van der Waals surface area contributed by atoms with Crippen molar-refractivity contribution >= 4 is 11.5 Å². The fraction of sp³-hybridized carbons (Fsp3) is 0.500. The van der Waals surface area contributed by atoms with Gasteiger partial charge >= 0.3 is 0 Å². The van der Waals surface area contributed by atoms with Crippen LogP contribution in [0.1, 0.15) is 31.4 Å². The number of ketones is 1. The van der Waals surface area contributed by atoms with Crippen molar-refractivity contribution < 1.29 is 4.79 Å². The Kier molecular flexibility index (Phi) is 2.53. The molecule has 1 aromatic rings. The molecule has 1 aromatic carbocycles. The Hall–Kier alpha value is -1.31. The molecule has 0 unspecified atom stereocenters. The number of nitrogens with zero attached hydrogens (tertiary/aromatic N) is 1. The fourth-order valence-corrected chi connectivity index (χ4v) is 2.45. The van der Waals surface area contributed by atoms with Gasteiger partial charge in [-0.2, -0.15) is 0 Å². The number of hydrogen-bond donors (Lipinski definition) is 0. The van der Waals surface area contributed by atoms with Crippen molar-refractivity contribution in [2.24, 2.45) is 0 Å². The smallest absolute Gasteiger partial charge is 0.154 e. The molecule has 2 nitrogen and oxygen atoms in total. The number of Topliss-reactive ketones (excluding diaryl/α,β-unsaturated/α-hetero) is 1. The molecule has 1 heterocycles. The molecule has 16 heavy (non-hydrogen) atoms. The van der Waals surface area contributed by atoms with E-state index in [2.05, 4.69) is 50.8 Å². The van der Waals surface area contributed by atoms with E-state index < -0.39 is 0 Å². The van der Waals surface area contributed by atoms with E-state index in [0.717, 1.165) is 0 Å². The first-order chi connectivity index (χ1) is 7.40. The molecule has 1 fully saturated rings. The van der Waals surface area contributed by atoms with Crippen LogP contribution in [0, 0.1) is 13.8 Å². The zero-order valence-corrected chi connectivity index (χ0v) is 10.5. The standard InChI is InChI=1S/C14H19NO/c1-10-5-6-11(2)13(7-10)15-9-12(16)8-14(15,3)4/h5-7H,8-9H2,1-4H3. The largest absolute Gasteiger partial charge is 0.358 e. The van der Waals surface area contributed by atoms with E-state index in [9.17, 15) is 4.79 Å². The molecule has 1 aliphatic heterocycles. The topological polar surface area (TPSA) is 20.3 Å². The second-order valence-corrected chi connectivity index (χ2v) is 5.40. The molecule has 0 amide bonds. The number of benzene rings is 1. The van der Waals surface area contributed by atoms with E-state index >= 15 is 0 Å². The average molecular weight is 217 g/mol. The monoisotopic (exact) mass is 217 g/mol. The minimum Gasteiger partial charge on any atom is -0.358 e. The molecular weight excluding hydrogens is 198 g/mol. The summed E-state index contributed by atoms with van der Waals surface area (Å²) >= 11 is 0. The van der Waals surface area contributed by atoms with Gasteiger partial charge in [-0.05, 0) is 44.9 Å². The number of aryl methyl sites for hydroxylation is 2. The van der Waals surface area contributed by atoms with Crippen LogP contribution in [0.2, 0.25) is 0 Å². The molecule has 0 aromatic heterocycles. The van der Waals surface area contributed by atoms with E-state index in [1.165, 1.54) is 16.8 Å². The second-order valence-electron chi connectivity index (χ2n) is 5.40. The summed E-state index contributed by atoms with van der Waals surface area (Å²) in [6, 6.07) is 6.42. The summed E-state index contributed by atoms with van der Waals surface area (Å²) in [4.78, 5) is 13.8. The van der Waals surface area contributed by atoms with Gasteiger partial charge in [-0.1, -0.05) is 12.1 Å². The molecule has 1 aliphatic rings. The van der Waals surface area contributed by atoms with E-state index in [1.54, 1.807) is 0 Å². The quantitative estimate of drug-likeness (QED) is 0.721. The Morgan fingerprint density at radius 3 is 2.50 bits per heavy atom. The normalized spacial score (nSPS) is 19.2.